The van der Waals surface area contributed by atoms with Gasteiger partial charge in [-0.3, -0.25) is 38.8 Å². The Kier molecular flexibility index (Phi) is 15.0. The summed E-state index contributed by atoms with van der Waals surface area (Å²) >= 11 is 0. The Labute approximate surface area is 282 Å². The van der Waals surface area contributed by atoms with E-state index in [9.17, 15) is 19.2 Å². The van der Waals surface area contributed by atoms with E-state index in [-0.39, 0.29) is 49.4 Å². The first kappa shape index (κ1) is 40.3. The van der Waals surface area contributed by atoms with Crippen molar-refractivity contribution in [3.63, 3.8) is 0 Å². The minimum absolute atomic E-state index is 0.00867. The van der Waals surface area contributed by atoms with Gasteiger partial charge in [-0.15, -0.1) is 0 Å². The third-order valence-corrected chi connectivity index (χ3v) is 7.54. The summed E-state index contributed by atoms with van der Waals surface area (Å²) in [7, 11) is 0. The van der Waals surface area contributed by atoms with Gasteiger partial charge in [0, 0.05) is 64.0 Å². The molecule has 11 heteroatoms. The Morgan fingerprint density at radius 1 is 0.574 bits per heavy atom. The normalized spacial score (nSPS) is 18.0. The molecule has 1 aromatic carbocycles. The molecule has 0 aliphatic carbocycles. The van der Waals surface area contributed by atoms with Crippen LogP contribution in [0.3, 0.4) is 0 Å². The van der Waals surface area contributed by atoms with Crippen molar-refractivity contribution in [1.82, 2.24) is 19.6 Å². The topological polar surface area (TPSA) is 109 Å². The number of hydrogen-bond donors (Lipinski definition) is 0. The van der Waals surface area contributed by atoms with E-state index in [4.69, 9.17) is 14.2 Å². The van der Waals surface area contributed by atoms with Crippen LogP contribution in [0.2, 0.25) is 0 Å². The van der Waals surface area contributed by atoms with Gasteiger partial charge in [-0.05, 0) is 81.7 Å². The molecule has 0 saturated carbocycles. The monoisotopic (exact) mass is 660 g/mol. The molecule has 1 aliphatic rings. The first-order valence-electron chi connectivity index (χ1n) is 16.8. The minimum Gasteiger partial charge on any atom is -0.459 e. The number of carbonyl (C=O) groups excluding carboxylic acids is 4. The van der Waals surface area contributed by atoms with Crippen LogP contribution >= 0.6 is 0 Å². The summed E-state index contributed by atoms with van der Waals surface area (Å²) in [5.74, 6) is -0.901. The van der Waals surface area contributed by atoms with Crippen LogP contribution in [0.4, 0.5) is 0 Å². The Bertz CT molecular complexity index is 1140. The van der Waals surface area contributed by atoms with Crippen LogP contribution < -0.4 is 0 Å². The summed E-state index contributed by atoms with van der Waals surface area (Å²) < 4.78 is 16.9. The molecular formula is C36H60N4O7. The van der Waals surface area contributed by atoms with Crippen LogP contribution in [-0.2, 0) is 28.6 Å². The van der Waals surface area contributed by atoms with Gasteiger partial charge in [-0.1, -0.05) is 24.3 Å². The van der Waals surface area contributed by atoms with Crippen LogP contribution in [-0.4, -0.2) is 132 Å². The van der Waals surface area contributed by atoms with E-state index < -0.39 is 16.8 Å². The van der Waals surface area contributed by atoms with Crippen LogP contribution in [0.25, 0.3) is 0 Å². The lowest BCUT2D eigenvalue weighted by atomic mass is 10.0. The average Bonchev–Trinajstić information content (AvgIpc) is 2.89. The van der Waals surface area contributed by atoms with Crippen LogP contribution in [0.5, 0.6) is 0 Å². The molecule has 0 N–H and O–H groups in total. The van der Waals surface area contributed by atoms with E-state index in [2.05, 4.69) is 21.6 Å². The first-order valence-corrected chi connectivity index (χ1v) is 16.8. The Balaban J connectivity index is 2.37. The van der Waals surface area contributed by atoms with Gasteiger partial charge in [0.25, 0.3) is 0 Å². The van der Waals surface area contributed by atoms with Crippen molar-refractivity contribution < 1.29 is 33.4 Å². The molecule has 266 valence electrons. The van der Waals surface area contributed by atoms with Gasteiger partial charge in [0.15, 0.2) is 5.78 Å². The zero-order valence-electron chi connectivity index (χ0n) is 30.8. The van der Waals surface area contributed by atoms with Crippen LogP contribution in [0, 0.1) is 0 Å². The molecule has 0 aromatic heterocycles. The highest BCUT2D eigenvalue weighted by Gasteiger charge is 2.26. The number of nitrogens with zero attached hydrogens (tertiary/aromatic N) is 4. The molecule has 1 atom stereocenters. The van der Waals surface area contributed by atoms with Gasteiger partial charge in [0.05, 0.1) is 19.6 Å². The summed E-state index contributed by atoms with van der Waals surface area (Å²) in [6.45, 7) is 25.2. The minimum atomic E-state index is -0.609. The highest BCUT2D eigenvalue weighted by atomic mass is 16.6. The van der Waals surface area contributed by atoms with Crippen molar-refractivity contribution in [3.05, 3.63) is 35.4 Å². The Morgan fingerprint density at radius 2 is 0.872 bits per heavy atom. The van der Waals surface area contributed by atoms with Gasteiger partial charge in [-0.25, -0.2) is 0 Å². The lowest BCUT2D eigenvalue weighted by molar-refractivity contribution is -0.158. The van der Waals surface area contributed by atoms with Crippen LogP contribution in [0.1, 0.15) is 98.1 Å². The number of carbonyl (C=O) groups is 4. The van der Waals surface area contributed by atoms with E-state index in [0.29, 0.717) is 57.9 Å². The number of esters is 3. The van der Waals surface area contributed by atoms with Crippen molar-refractivity contribution in [3.8, 4) is 0 Å². The summed E-state index contributed by atoms with van der Waals surface area (Å²) in [6, 6.07) is 7.70. The molecule has 47 heavy (non-hydrogen) atoms. The second kappa shape index (κ2) is 17.5. The van der Waals surface area contributed by atoms with Crippen molar-refractivity contribution in [2.24, 2.45) is 0 Å². The second-order valence-corrected chi connectivity index (χ2v) is 15.5. The maximum Gasteiger partial charge on any atom is 0.320 e. The van der Waals surface area contributed by atoms with Crippen molar-refractivity contribution >= 4 is 23.7 Å². The van der Waals surface area contributed by atoms with Crippen molar-refractivity contribution in [1.29, 1.82) is 0 Å². The molecule has 1 unspecified atom stereocenters. The fraction of sp³-hybridized carbons (Fsp3) is 0.722. The van der Waals surface area contributed by atoms with Gasteiger partial charge in [-0.2, -0.15) is 0 Å². The predicted molar refractivity (Wildman–Crippen MR) is 183 cm³/mol. The van der Waals surface area contributed by atoms with E-state index in [0.717, 1.165) is 5.56 Å². The van der Waals surface area contributed by atoms with E-state index in [1.165, 1.54) is 0 Å². The largest absolute Gasteiger partial charge is 0.459 e. The highest BCUT2D eigenvalue weighted by molar-refractivity contribution is 5.94. The average molecular weight is 661 g/mol. The second-order valence-electron chi connectivity index (χ2n) is 15.5. The van der Waals surface area contributed by atoms with Gasteiger partial charge in [0.1, 0.15) is 16.8 Å². The van der Waals surface area contributed by atoms with Gasteiger partial charge >= 0.3 is 17.9 Å². The third-order valence-electron chi connectivity index (χ3n) is 7.54. The van der Waals surface area contributed by atoms with Crippen molar-refractivity contribution in [2.75, 3.05) is 72.0 Å². The molecule has 0 spiro atoms. The molecule has 1 aliphatic heterocycles. The number of ketones is 1. The Morgan fingerprint density at radius 3 is 1.15 bits per heavy atom. The lowest BCUT2D eigenvalue weighted by Crippen LogP contribution is -2.49. The molecule has 0 amide bonds. The smallest absolute Gasteiger partial charge is 0.320 e. The van der Waals surface area contributed by atoms with Crippen molar-refractivity contribution in [2.45, 2.75) is 99.0 Å². The fourth-order valence-corrected chi connectivity index (χ4v) is 5.29. The standard InChI is InChI=1S/C36H60N4O7/c1-27(29-12-14-30(15-13-29)28(2)41)40-22-20-38(25-32(43)46-35(6,7)8)18-16-37(24-31(42)45-34(3,4)5)17-19-39(21-23-40)26-33(44)47-36(9,10)11/h12-15,27H,16-26H2,1-11H3. The molecule has 0 radical (unpaired) electrons. The number of rotatable bonds is 9. The molecule has 1 heterocycles. The molecule has 2 rings (SSSR count). The van der Waals surface area contributed by atoms with Crippen LogP contribution in [0.15, 0.2) is 24.3 Å². The lowest BCUT2D eigenvalue weighted by Gasteiger charge is -2.36. The number of Topliss-reactive ketones (excluding diaryl/α,β-unsaturated/α-hetero) is 1. The first-order chi connectivity index (χ1) is 21.6. The fourth-order valence-electron chi connectivity index (χ4n) is 5.29. The van der Waals surface area contributed by atoms with E-state index >= 15 is 0 Å². The maximum absolute atomic E-state index is 12.9. The highest BCUT2D eigenvalue weighted by Crippen LogP contribution is 2.21. The summed E-state index contributed by atoms with van der Waals surface area (Å²) in [6.07, 6.45) is 0. The third kappa shape index (κ3) is 16.7. The molecule has 1 saturated heterocycles. The van der Waals surface area contributed by atoms with Gasteiger partial charge in [0.2, 0.25) is 0 Å². The molecular weight excluding hydrogens is 600 g/mol. The maximum atomic E-state index is 12.9. The predicted octanol–water partition coefficient (Wildman–Crippen LogP) is 4.20. The zero-order chi connectivity index (χ0) is 35.6. The number of ether oxygens (including phenoxy) is 3. The molecule has 11 nitrogen and oxygen atoms in total. The summed E-state index contributed by atoms with van der Waals surface area (Å²) in [4.78, 5) is 59.2. The molecule has 1 fully saturated rings. The number of benzene rings is 1. The van der Waals surface area contributed by atoms with E-state index in [1.54, 1.807) is 6.92 Å². The molecule has 0 bridgehead atoms. The number of hydrogen-bond acceptors (Lipinski definition) is 11. The van der Waals surface area contributed by atoms with Gasteiger partial charge < -0.3 is 14.2 Å². The summed E-state index contributed by atoms with van der Waals surface area (Å²) in [5, 5.41) is 0. The quantitative estimate of drug-likeness (QED) is 0.216. The zero-order valence-corrected chi connectivity index (χ0v) is 30.8. The SMILES string of the molecule is CC(=O)c1ccc(C(C)N2CCN(CC(=O)OC(C)(C)C)CCN(CC(=O)OC(C)(C)C)CCN(CC(=O)OC(C)(C)C)CC2)cc1. The summed E-state index contributed by atoms with van der Waals surface area (Å²) in [5.41, 5.74) is -0.0741. The molecule has 1 aromatic rings. The van der Waals surface area contributed by atoms with E-state index in [1.807, 2.05) is 91.5 Å². The Hall–Kier alpha value is -2.86.